The van der Waals surface area contributed by atoms with Crippen molar-refractivity contribution in [2.75, 3.05) is 6.54 Å². The molecule has 1 aromatic rings. The molecule has 0 aromatic heterocycles. The van der Waals surface area contributed by atoms with Crippen molar-refractivity contribution in [1.29, 1.82) is 0 Å². The molecule has 7 nitrogen and oxygen atoms in total. The zero-order valence-electron chi connectivity index (χ0n) is 13.0. The minimum Gasteiger partial charge on any atom is -0.341 e. The van der Waals surface area contributed by atoms with Crippen molar-refractivity contribution in [2.45, 2.75) is 31.8 Å². The molecular formula is C16H21N3O4. The number of ketones is 1. The minimum absolute atomic E-state index is 0.402. The predicted molar refractivity (Wildman–Crippen MR) is 84.3 cm³/mol. The van der Waals surface area contributed by atoms with Gasteiger partial charge in [-0.3, -0.25) is 14.4 Å². The van der Waals surface area contributed by atoms with Crippen LogP contribution in [0.3, 0.4) is 0 Å². The summed E-state index contributed by atoms with van der Waals surface area (Å²) in [5.74, 6) is -2.23. The molecule has 0 radical (unpaired) electrons. The third-order valence-corrected chi connectivity index (χ3v) is 3.18. The molecule has 2 amide bonds. The third kappa shape index (κ3) is 5.99. The summed E-state index contributed by atoms with van der Waals surface area (Å²) in [6.07, 6.45) is 1.68. The molecule has 0 aliphatic heterocycles. The highest BCUT2D eigenvalue weighted by atomic mass is 16.2. The lowest BCUT2D eigenvalue weighted by Gasteiger charge is -2.14. The molecule has 0 fully saturated rings. The topological polar surface area (TPSA) is 118 Å². The highest BCUT2D eigenvalue weighted by molar-refractivity contribution is 6.38. The first-order chi connectivity index (χ1) is 11.0. The number of nitrogens with one attached hydrogen (secondary N) is 2. The van der Waals surface area contributed by atoms with Gasteiger partial charge in [0.25, 0.3) is 5.91 Å². The van der Waals surface area contributed by atoms with E-state index in [1.807, 2.05) is 6.92 Å². The zero-order valence-corrected chi connectivity index (χ0v) is 13.0. The van der Waals surface area contributed by atoms with Crippen LogP contribution in [0.15, 0.2) is 30.3 Å². The monoisotopic (exact) mass is 319 g/mol. The summed E-state index contributed by atoms with van der Waals surface area (Å²) in [5, 5.41) is 4.67. The fourth-order valence-electron chi connectivity index (χ4n) is 1.94. The minimum atomic E-state index is -0.900. The SMILES string of the molecule is CCCC(N)C(=O)C(=O)NCC(=O)NC(C=O)c1ccccc1. The summed E-state index contributed by atoms with van der Waals surface area (Å²) in [4.78, 5) is 46.1. The smallest absolute Gasteiger partial charge is 0.289 e. The van der Waals surface area contributed by atoms with E-state index in [-0.39, 0.29) is 0 Å². The molecule has 7 heteroatoms. The van der Waals surface area contributed by atoms with Gasteiger partial charge in [0.15, 0.2) is 0 Å². The maximum atomic E-state index is 11.8. The standard InChI is InChI=1S/C16H21N3O4/c1-2-6-12(17)15(22)16(23)18-9-14(21)19-13(10-20)11-7-4-3-5-8-11/h3-5,7-8,10,12-13H,2,6,9,17H2,1H3,(H,18,23)(H,19,21). The zero-order chi connectivity index (χ0) is 17.2. The van der Waals surface area contributed by atoms with Crippen LogP contribution >= 0.6 is 0 Å². The van der Waals surface area contributed by atoms with Gasteiger partial charge >= 0.3 is 0 Å². The summed E-state index contributed by atoms with van der Waals surface area (Å²) in [6.45, 7) is 1.45. The Morgan fingerprint density at radius 1 is 1.22 bits per heavy atom. The molecule has 0 aliphatic carbocycles. The van der Waals surface area contributed by atoms with Crippen molar-refractivity contribution in [3.63, 3.8) is 0 Å². The van der Waals surface area contributed by atoms with Gasteiger partial charge in [-0.2, -0.15) is 0 Å². The molecule has 0 bridgehead atoms. The lowest BCUT2D eigenvalue weighted by molar-refractivity contribution is -0.139. The molecule has 0 heterocycles. The molecule has 0 saturated carbocycles. The van der Waals surface area contributed by atoms with Gasteiger partial charge in [0.1, 0.15) is 12.3 Å². The average molecular weight is 319 g/mol. The van der Waals surface area contributed by atoms with Crippen LogP contribution in [0.1, 0.15) is 31.4 Å². The molecule has 124 valence electrons. The molecule has 1 rings (SSSR count). The molecule has 23 heavy (non-hydrogen) atoms. The number of aldehydes is 1. The Bertz CT molecular complexity index is 560. The number of nitrogens with two attached hydrogens (primary N) is 1. The highest BCUT2D eigenvalue weighted by Crippen LogP contribution is 2.09. The van der Waals surface area contributed by atoms with E-state index in [1.54, 1.807) is 30.3 Å². The Hall–Kier alpha value is -2.54. The van der Waals surface area contributed by atoms with E-state index in [0.29, 0.717) is 24.7 Å². The van der Waals surface area contributed by atoms with Crippen molar-refractivity contribution in [1.82, 2.24) is 10.6 Å². The molecular weight excluding hydrogens is 298 g/mol. The Morgan fingerprint density at radius 2 is 1.87 bits per heavy atom. The number of carbonyl (C=O) groups excluding carboxylic acids is 4. The van der Waals surface area contributed by atoms with E-state index in [1.165, 1.54) is 0 Å². The number of amides is 2. The van der Waals surface area contributed by atoms with Gasteiger partial charge in [-0.1, -0.05) is 43.7 Å². The van der Waals surface area contributed by atoms with Gasteiger partial charge in [-0.25, -0.2) is 0 Å². The van der Waals surface area contributed by atoms with Crippen molar-refractivity contribution >= 4 is 23.9 Å². The van der Waals surface area contributed by atoms with Crippen molar-refractivity contribution < 1.29 is 19.2 Å². The van der Waals surface area contributed by atoms with Crippen molar-refractivity contribution in [3.05, 3.63) is 35.9 Å². The number of Topliss-reactive ketones (excluding diaryl/α,β-unsaturated/α-hetero) is 1. The highest BCUT2D eigenvalue weighted by Gasteiger charge is 2.22. The van der Waals surface area contributed by atoms with Crippen LogP contribution in [0.5, 0.6) is 0 Å². The lowest BCUT2D eigenvalue weighted by atomic mass is 10.1. The van der Waals surface area contributed by atoms with E-state index in [2.05, 4.69) is 10.6 Å². The fraction of sp³-hybridized carbons (Fsp3) is 0.375. The van der Waals surface area contributed by atoms with Crippen molar-refractivity contribution in [2.24, 2.45) is 5.73 Å². The van der Waals surface area contributed by atoms with E-state index < -0.39 is 36.2 Å². The average Bonchev–Trinajstić information content (AvgIpc) is 2.57. The van der Waals surface area contributed by atoms with Gasteiger partial charge in [-0.15, -0.1) is 0 Å². The first-order valence-corrected chi connectivity index (χ1v) is 7.36. The van der Waals surface area contributed by atoms with Crippen LogP contribution in [-0.4, -0.2) is 36.5 Å². The van der Waals surface area contributed by atoms with E-state index in [9.17, 15) is 19.2 Å². The summed E-state index contributed by atoms with van der Waals surface area (Å²) >= 11 is 0. The van der Waals surface area contributed by atoms with Gasteiger partial charge in [0.05, 0.1) is 12.6 Å². The van der Waals surface area contributed by atoms with E-state index in [0.717, 1.165) is 0 Å². The normalized spacial score (nSPS) is 12.8. The van der Waals surface area contributed by atoms with E-state index >= 15 is 0 Å². The first kappa shape index (κ1) is 18.5. The Kier molecular flexibility index (Phi) is 7.62. The maximum absolute atomic E-state index is 11.8. The molecule has 1 aromatic carbocycles. The summed E-state index contributed by atoms with van der Waals surface area (Å²) in [5.41, 5.74) is 6.18. The lowest BCUT2D eigenvalue weighted by Crippen LogP contribution is -2.46. The van der Waals surface area contributed by atoms with Gasteiger partial charge < -0.3 is 21.2 Å². The molecule has 4 N–H and O–H groups in total. The Morgan fingerprint density at radius 3 is 2.43 bits per heavy atom. The molecule has 0 saturated heterocycles. The van der Waals surface area contributed by atoms with Crippen LogP contribution in [-0.2, 0) is 19.2 Å². The van der Waals surface area contributed by atoms with Crippen molar-refractivity contribution in [3.8, 4) is 0 Å². The largest absolute Gasteiger partial charge is 0.341 e. The summed E-state index contributed by atoms with van der Waals surface area (Å²) < 4.78 is 0. The van der Waals surface area contributed by atoms with Gasteiger partial charge in [0, 0.05) is 0 Å². The second-order valence-corrected chi connectivity index (χ2v) is 5.03. The Labute approximate surface area is 134 Å². The molecule has 2 unspecified atom stereocenters. The number of carbonyl (C=O) groups is 4. The van der Waals surface area contributed by atoms with Crippen LogP contribution in [0.4, 0.5) is 0 Å². The first-order valence-electron chi connectivity index (χ1n) is 7.36. The summed E-state index contributed by atoms with van der Waals surface area (Å²) in [7, 11) is 0. The fourth-order valence-corrected chi connectivity index (χ4v) is 1.94. The Balaban J connectivity index is 2.49. The summed E-state index contributed by atoms with van der Waals surface area (Å²) in [6, 6.07) is 7.00. The predicted octanol–water partition coefficient (Wildman–Crippen LogP) is -0.144. The second kappa shape index (κ2) is 9.47. The van der Waals surface area contributed by atoms with Crippen LogP contribution in [0.25, 0.3) is 0 Å². The maximum Gasteiger partial charge on any atom is 0.289 e. The molecule has 2 atom stereocenters. The second-order valence-electron chi connectivity index (χ2n) is 5.03. The number of benzene rings is 1. The number of hydrogen-bond acceptors (Lipinski definition) is 5. The van der Waals surface area contributed by atoms with Crippen LogP contribution < -0.4 is 16.4 Å². The quantitative estimate of drug-likeness (QED) is 0.432. The molecule has 0 spiro atoms. The number of rotatable bonds is 9. The third-order valence-electron chi connectivity index (χ3n) is 3.18. The van der Waals surface area contributed by atoms with Gasteiger partial charge in [-0.05, 0) is 12.0 Å². The molecule has 0 aliphatic rings. The number of hydrogen-bond donors (Lipinski definition) is 3. The van der Waals surface area contributed by atoms with E-state index in [4.69, 9.17) is 5.73 Å². The van der Waals surface area contributed by atoms with Crippen LogP contribution in [0.2, 0.25) is 0 Å². The van der Waals surface area contributed by atoms with Gasteiger partial charge in [0.2, 0.25) is 11.7 Å². The van der Waals surface area contributed by atoms with Crippen LogP contribution in [0, 0.1) is 0 Å².